The minimum absolute atomic E-state index is 0.0327. The summed E-state index contributed by atoms with van der Waals surface area (Å²) in [6.45, 7) is 3.62. The number of aryl methyl sites for hydroxylation is 1. The maximum atomic E-state index is 13.6. The van der Waals surface area contributed by atoms with Crippen LogP contribution in [0, 0.1) is 6.92 Å². The Labute approximate surface area is 207 Å². The van der Waals surface area contributed by atoms with E-state index in [0.717, 1.165) is 20.5 Å². The van der Waals surface area contributed by atoms with Crippen molar-refractivity contribution in [2.45, 2.75) is 19.9 Å². The fourth-order valence-electron chi connectivity index (χ4n) is 4.15. The van der Waals surface area contributed by atoms with Gasteiger partial charge in [0, 0.05) is 27.5 Å². The van der Waals surface area contributed by atoms with Crippen molar-refractivity contribution in [2.75, 3.05) is 18.6 Å². The number of likely N-dealkylation sites (N-methyl/N-ethyl adjacent to an activating group) is 1. The number of anilines is 1. The number of aromatic nitrogens is 2. The number of halogens is 1. The average molecular weight is 538 g/mol. The highest BCUT2D eigenvalue weighted by atomic mass is 79.9. The Balaban J connectivity index is 1.57. The highest BCUT2D eigenvalue weighted by Gasteiger charge is 2.26. The average Bonchev–Trinajstić information content (AvgIpc) is 3.18. The number of benzene rings is 2. The summed E-state index contributed by atoms with van der Waals surface area (Å²) in [5.41, 5.74) is 2.41. The lowest BCUT2D eigenvalue weighted by Crippen LogP contribution is -2.35. The molecular weight excluding hydrogens is 518 g/mol. The predicted octanol–water partition coefficient (Wildman–Crippen LogP) is 5.00. The summed E-state index contributed by atoms with van der Waals surface area (Å²) in [7, 11) is 1.65. The van der Waals surface area contributed by atoms with Crippen LogP contribution < -0.4 is 15.2 Å². The molecule has 34 heavy (non-hydrogen) atoms. The molecule has 0 saturated heterocycles. The van der Waals surface area contributed by atoms with Gasteiger partial charge in [-0.1, -0.05) is 28.1 Å². The van der Waals surface area contributed by atoms with E-state index >= 15 is 0 Å². The highest BCUT2D eigenvalue weighted by Crippen LogP contribution is 2.36. The van der Waals surface area contributed by atoms with Gasteiger partial charge in [0.1, 0.15) is 10.6 Å². The first kappa shape index (κ1) is 22.5. The minimum atomic E-state index is -0.786. The summed E-state index contributed by atoms with van der Waals surface area (Å²) in [6, 6.07) is 11.9. The van der Waals surface area contributed by atoms with Crippen molar-refractivity contribution < 1.29 is 14.3 Å². The third-order valence-corrected chi connectivity index (χ3v) is 7.61. The van der Waals surface area contributed by atoms with E-state index in [0.29, 0.717) is 27.2 Å². The fraction of sp³-hybridized carbons (Fsp3) is 0.200. The Morgan fingerprint density at radius 3 is 2.65 bits per heavy atom. The molecule has 1 aliphatic rings. The number of nitrogens with zero attached hydrogens (tertiary/aromatic N) is 3. The molecule has 2 aromatic heterocycles. The molecular formula is C25H20BrN3O4S. The van der Waals surface area contributed by atoms with E-state index in [2.05, 4.69) is 20.9 Å². The second-order valence-electron chi connectivity index (χ2n) is 8.14. The number of hydrogen-bond acceptors (Lipinski definition) is 6. The fourth-order valence-corrected chi connectivity index (χ4v) is 5.42. The molecule has 9 heteroatoms. The van der Waals surface area contributed by atoms with Crippen molar-refractivity contribution in [1.29, 1.82) is 0 Å². The molecule has 5 rings (SSSR count). The zero-order valence-electron chi connectivity index (χ0n) is 18.7. The topological polar surface area (TPSA) is 81.5 Å². The van der Waals surface area contributed by atoms with Gasteiger partial charge in [-0.15, -0.1) is 11.3 Å². The number of carbonyl (C=O) groups is 2. The molecule has 0 N–H and O–H groups in total. The van der Waals surface area contributed by atoms with Crippen LogP contribution in [0.2, 0.25) is 0 Å². The van der Waals surface area contributed by atoms with Crippen molar-refractivity contribution in [3.05, 3.63) is 74.1 Å². The van der Waals surface area contributed by atoms with E-state index in [9.17, 15) is 14.4 Å². The Morgan fingerprint density at radius 1 is 1.18 bits per heavy atom. The molecule has 0 spiro atoms. The van der Waals surface area contributed by atoms with Crippen molar-refractivity contribution in [3.63, 3.8) is 0 Å². The van der Waals surface area contributed by atoms with Gasteiger partial charge in [-0.3, -0.25) is 19.0 Å². The first-order chi connectivity index (χ1) is 16.3. The van der Waals surface area contributed by atoms with Crippen molar-refractivity contribution in [2.24, 2.45) is 0 Å². The van der Waals surface area contributed by atoms with E-state index in [4.69, 9.17) is 4.74 Å². The van der Waals surface area contributed by atoms with Crippen LogP contribution in [0.3, 0.4) is 0 Å². The monoisotopic (exact) mass is 537 g/mol. The normalized spacial score (nSPS) is 14.1. The van der Waals surface area contributed by atoms with Crippen LogP contribution in [-0.4, -0.2) is 34.9 Å². The van der Waals surface area contributed by atoms with E-state index in [1.807, 2.05) is 31.2 Å². The lowest BCUT2D eigenvalue weighted by Gasteiger charge is -2.26. The van der Waals surface area contributed by atoms with Crippen LogP contribution in [0.15, 0.2) is 58.1 Å². The van der Waals surface area contributed by atoms with Gasteiger partial charge in [-0.2, -0.15) is 0 Å². The molecule has 0 saturated carbocycles. The second-order valence-corrected chi connectivity index (χ2v) is 10.3. The summed E-state index contributed by atoms with van der Waals surface area (Å²) in [5.74, 6) is 0.0957. The Hall–Kier alpha value is -3.30. The quantitative estimate of drug-likeness (QED) is 0.342. The van der Waals surface area contributed by atoms with Crippen LogP contribution in [0.25, 0.3) is 21.3 Å². The molecule has 1 amide bonds. The first-order valence-electron chi connectivity index (χ1n) is 10.6. The van der Waals surface area contributed by atoms with E-state index in [-0.39, 0.29) is 23.9 Å². The Bertz CT molecular complexity index is 1520. The number of amides is 1. The molecule has 1 aliphatic heterocycles. The number of Topliss-reactive ketones (excluding diaryl/α,β-unsaturated/α-hetero) is 1. The predicted molar refractivity (Wildman–Crippen MR) is 136 cm³/mol. The molecule has 1 atom stereocenters. The molecule has 7 nitrogen and oxygen atoms in total. The number of hydrogen-bond donors (Lipinski definition) is 0. The van der Waals surface area contributed by atoms with Crippen molar-refractivity contribution in [1.82, 2.24) is 9.55 Å². The first-order valence-corrected chi connectivity index (χ1v) is 12.2. The van der Waals surface area contributed by atoms with Gasteiger partial charge < -0.3 is 9.64 Å². The largest absolute Gasteiger partial charge is 0.482 e. The molecule has 4 aromatic rings. The van der Waals surface area contributed by atoms with E-state index in [1.54, 1.807) is 32.2 Å². The molecule has 172 valence electrons. The maximum Gasteiger partial charge on any atom is 0.264 e. The summed E-state index contributed by atoms with van der Waals surface area (Å²) in [6.07, 6.45) is 1.44. The number of carbonyl (C=O) groups excluding carboxylic acids is 2. The SMILES string of the molecule is Cc1sc2ncn(C(C)C(=O)c3ccc4c(c3)N(C)C(=O)CO4)c(=O)c2c1-c1ccc(Br)cc1. The summed E-state index contributed by atoms with van der Waals surface area (Å²) in [4.78, 5) is 46.6. The van der Waals surface area contributed by atoms with Crippen LogP contribution in [-0.2, 0) is 4.79 Å². The number of rotatable bonds is 4. The zero-order valence-corrected chi connectivity index (χ0v) is 21.1. The molecule has 0 fully saturated rings. The molecule has 2 aromatic carbocycles. The number of thiophene rings is 1. The van der Waals surface area contributed by atoms with Gasteiger partial charge in [0.05, 0.1) is 23.4 Å². The van der Waals surface area contributed by atoms with Gasteiger partial charge in [0.25, 0.3) is 11.5 Å². The molecule has 1 unspecified atom stereocenters. The van der Waals surface area contributed by atoms with Crippen LogP contribution in [0.1, 0.15) is 28.2 Å². The van der Waals surface area contributed by atoms with Gasteiger partial charge in [-0.25, -0.2) is 4.98 Å². The number of ketones is 1. The van der Waals surface area contributed by atoms with Crippen molar-refractivity contribution >= 4 is 54.9 Å². The Kier molecular flexibility index (Phi) is 5.61. The lowest BCUT2D eigenvalue weighted by atomic mass is 10.0. The lowest BCUT2D eigenvalue weighted by molar-refractivity contribution is -0.120. The zero-order chi connectivity index (χ0) is 24.1. The number of ether oxygens (including phenoxy) is 1. The minimum Gasteiger partial charge on any atom is -0.482 e. The maximum absolute atomic E-state index is 13.6. The number of fused-ring (bicyclic) bond motifs is 2. The molecule has 0 radical (unpaired) electrons. The highest BCUT2D eigenvalue weighted by molar-refractivity contribution is 9.10. The summed E-state index contributed by atoms with van der Waals surface area (Å²) in [5, 5.41) is 0.510. The molecule has 3 heterocycles. The van der Waals surface area contributed by atoms with Gasteiger partial charge in [0.2, 0.25) is 0 Å². The van der Waals surface area contributed by atoms with Crippen molar-refractivity contribution in [3.8, 4) is 16.9 Å². The van der Waals surface area contributed by atoms with Gasteiger partial charge in [-0.05, 0) is 49.7 Å². The second kappa shape index (κ2) is 8.48. The molecule has 0 aliphatic carbocycles. The Morgan fingerprint density at radius 2 is 1.91 bits per heavy atom. The third kappa shape index (κ3) is 3.65. The van der Waals surface area contributed by atoms with Crippen LogP contribution in [0.4, 0.5) is 5.69 Å². The van der Waals surface area contributed by atoms with E-state index in [1.165, 1.54) is 27.1 Å². The van der Waals surface area contributed by atoms with Crippen LogP contribution >= 0.6 is 27.3 Å². The molecule has 0 bridgehead atoms. The third-order valence-electron chi connectivity index (χ3n) is 6.07. The smallest absolute Gasteiger partial charge is 0.264 e. The van der Waals surface area contributed by atoms with Gasteiger partial charge >= 0.3 is 0 Å². The van der Waals surface area contributed by atoms with E-state index < -0.39 is 6.04 Å². The summed E-state index contributed by atoms with van der Waals surface area (Å²) < 4.78 is 7.78. The standard InChI is InChI=1S/C25H20BrN3O4S/c1-13(23(31)16-6-9-19-18(10-16)28(3)20(30)11-33-19)29-12-27-24-22(25(29)32)21(14(2)34-24)15-4-7-17(26)8-5-15/h4-10,12-13H,11H2,1-3H3. The van der Waals surface area contributed by atoms with Gasteiger partial charge in [0.15, 0.2) is 12.4 Å². The summed E-state index contributed by atoms with van der Waals surface area (Å²) >= 11 is 4.91. The van der Waals surface area contributed by atoms with Crippen LogP contribution in [0.5, 0.6) is 5.75 Å².